The number of aryl methyl sites for hydroxylation is 2. The van der Waals surface area contributed by atoms with Gasteiger partial charge < -0.3 is 15.6 Å². The minimum atomic E-state index is -4.92. The first-order chi connectivity index (χ1) is 20.5. The molecule has 13 heteroatoms. The maximum atomic E-state index is 15.3. The average molecular weight is 599 g/mol. The fourth-order valence-corrected chi connectivity index (χ4v) is 5.75. The topological polar surface area (TPSA) is 80.7 Å². The van der Waals surface area contributed by atoms with Crippen LogP contribution in [0.15, 0.2) is 42.7 Å². The number of nitrogens with one attached hydrogen (secondary N) is 3. The number of rotatable bonds is 6. The second-order valence-electron chi connectivity index (χ2n) is 11.3. The third-order valence-electron chi connectivity index (χ3n) is 8.69. The Morgan fingerprint density at radius 1 is 1.05 bits per heavy atom. The number of hydrogen-bond donors (Lipinski definition) is 3. The molecular weight excluding hydrogens is 564 g/mol. The number of anilines is 3. The van der Waals surface area contributed by atoms with E-state index in [2.05, 4.69) is 26.3 Å². The molecule has 1 aliphatic carbocycles. The summed E-state index contributed by atoms with van der Waals surface area (Å²) < 4.78 is 58.7. The van der Waals surface area contributed by atoms with Crippen molar-refractivity contribution >= 4 is 28.7 Å². The molecule has 2 aliphatic heterocycles. The SMILES string of the molecule is Cc1ccc(C(=O)Nc2cc(N3CCN(C4CCC4)CC3)c(F)c(C(F)(F)F)c2)cc1N1C=C(c2cnn(C)c2C)NN1. The van der Waals surface area contributed by atoms with E-state index >= 15 is 4.39 Å². The Bertz CT molecular complexity index is 1570. The van der Waals surface area contributed by atoms with Crippen molar-refractivity contribution in [3.8, 4) is 0 Å². The first-order valence-electron chi connectivity index (χ1n) is 14.3. The van der Waals surface area contributed by atoms with Gasteiger partial charge in [0.05, 0.1) is 28.8 Å². The van der Waals surface area contributed by atoms with Crippen LogP contribution in [0.5, 0.6) is 0 Å². The van der Waals surface area contributed by atoms with E-state index in [1.807, 2.05) is 27.1 Å². The molecule has 3 N–H and O–H groups in total. The molecule has 1 aromatic heterocycles. The zero-order chi connectivity index (χ0) is 30.5. The van der Waals surface area contributed by atoms with Gasteiger partial charge in [-0.2, -0.15) is 18.3 Å². The number of hydrazine groups is 2. The Morgan fingerprint density at radius 3 is 2.42 bits per heavy atom. The van der Waals surface area contributed by atoms with E-state index < -0.39 is 23.5 Å². The van der Waals surface area contributed by atoms with Gasteiger partial charge in [0.15, 0.2) is 5.82 Å². The van der Waals surface area contributed by atoms with Crippen LogP contribution in [0.4, 0.5) is 34.6 Å². The number of carbonyl (C=O) groups is 1. The third kappa shape index (κ3) is 5.66. The Morgan fingerprint density at radius 2 is 1.79 bits per heavy atom. The molecule has 3 heterocycles. The summed E-state index contributed by atoms with van der Waals surface area (Å²) in [6.45, 7) is 5.97. The lowest BCUT2D eigenvalue weighted by Gasteiger charge is -2.43. The van der Waals surface area contributed by atoms with Gasteiger partial charge in [-0.25, -0.2) is 4.39 Å². The van der Waals surface area contributed by atoms with Gasteiger partial charge >= 0.3 is 6.18 Å². The van der Waals surface area contributed by atoms with E-state index in [4.69, 9.17) is 0 Å². The predicted molar refractivity (Wildman–Crippen MR) is 157 cm³/mol. The summed E-state index contributed by atoms with van der Waals surface area (Å²) in [7, 11) is 1.85. The lowest BCUT2D eigenvalue weighted by molar-refractivity contribution is -0.139. The van der Waals surface area contributed by atoms with Crippen molar-refractivity contribution in [2.75, 3.05) is 41.4 Å². The average Bonchev–Trinajstić information content (AvgIpc) is 3.55. The molecule has 1 saturated heterocycles. The normalized spacial score (nSPS) is 18.0. The number of benzene rings is 2. The summed E-state index contributed by atoms with van der Waals surface area (Å²) in [5, 5.41) is 8.57. The summed E-state index contributed by atoms with van der Waals surface area (Å²) >= 11 is 0. The molecule has 0 radical (unpaired) electrons. The van der Waals surface area contributed by atoms with Crippen LogP contribution in [-0.4, -0.2) is 52.8 Å². The third-order valence-corrected chi connectivity index (χ3v) is 8.69. The number of aromatic nitrogens is 2. The number of halogens is 4. The number of piperazine rings is 1. The van der Waals surface area contributed by atoms with Gasteiger partial charge in [-0.15, -0.1) is 5.53 Å². The van der Waals surface area contributed by atoms with Gasteiger partial charge in [0.2, 0.25) is 0 Å². The summed E-state index contributed by atoms with van der Waals surface area (Å²) in [5.41, 5.74) is 8.89. The molecule has 1 saturated carbocycles. The van der Waals surface area contributed by atoms with Crippen molar-refractivity contribution in [2.45, 2.75) is 45.3 Å². The summed E-state index contributed by atoms with van der Waals surface area (Å²) in [4.78, 5) is 17.3. The van der Waals surface area contributed by atoms with E-state index in [0.717, 1.165) is 35.4 Å². The highest BCUT2D eigenvalue weighted by Crippen LogP contribution is 2.39. The van der Waals surface area contributed by atoms with Gasteiger partial charge in [0.25, 0.3) is 5.91 Å². The minimum absolute atomic E-state index is 0.118. The van der Waals surface area contributed by atoms with Crippen molar-refractivity contribution in [3.05, 3.63) is 76.5 Å². The fourth-order valence-electron chi connectivity index (χ4n) is 5.75. The molecular formula is C30H34F4N8O. The molecule has 1 amide bonds. The van der Waals surface area contributed by atoms with Crippen LogP contribution in [0.25, 0.3) is 5.70 Å². The van der Waals surface area contributed by atoms with Crippen LogP contribution in [0.1, 0.15) is 52.0 Å². The smallest absolute Gasteiger partial charge is 0.367 e. The summed E-state index contributed by atoms with van der Waals surface area (Å²) in [5.74, 6) is -1.93. The van der Waals surface area contributed by atoms with E-state index in [1.54, 1.807) is 39.0 Å². The quantitative estimate of drug-likeness (QED) is 0.347. The first-order valence-corrected chi connectivity index (χ1v) is 14.3. The Hall–Kier alpha value is -4.10. The van der Waals surface area contributed by atoms with E-state index in [1.165, 1.54) is 12.5 Å². The van der Waals surface area contributed by atoms with Crippen LogP contribution in [-0.2, 0) is 13.2 Å². The molecule has 0 bridgehead atoms. The lowest BCUT2D eigenvalue weighted by Crippen LogP contribution is -2.52. The Kier molecular flexibility index (Phi) is 7.55. The second-order valence-corrected chi connectivity index (χ2v) is 11.3. The predicted octanol–water partition coefficient (Wildman–Crippen LogP) is 4.95. The lowest BCUT2D eigenvalue weighted by atomic mass is 9.91. The van der Waals surface area contributed by atoms with E-state index in [0.29, 0.717) is 44.0 Å². The van der Waals surface area contributed by atoms with Gasteiger partial charge in [-0.05, 0) is 56.5 Å². The van der Waals surface area contributed by atoms with Crippen LogP contribution < -0.4 is 26.2 Å². The molecule has 9 nitrogen and oxygen atoms in total. The van der Waals surface area contributed by atoms with Crippen molar-refractivity contribution in [3.63, 3.8) is 0 Å². The van der Waals surface area contributed by atoms with Crippen LogP contribution >= 0.6 is 0 Å². The maximum absolute atomic E-state index is 15.3. The molecule has 6 rings (SSSR count). The zero-order valence-corrected chi connectivity index (χ0v) is 24.2. The van der Waals surface area contributed by atoms with Crippen LogP contribution in [0, 0.1) is 19.7 Å². The van der Waals surface area contributed by atoms with E-state index in [-0.39, 0.29) is 16.9 Å². The second kappa shape index (κ2) is 11.2. The van der Waals surface area contributed by atoms with Crippen molar-refractivity contribution < 1.29 is 22.4 Å². The number of amides is 1. The van der Waals surface area contributed by atoms with Crippen LogP contribution in [0.3, 0.4) is 0 Å². The fraction of sp³-hybridized carbons (Fsp3) is 0.400. The molecule has 0 atom stereocenters. The van der Waals surface area contributed by atoms with Crippen LogP contribution in [0.2, 0.25) is 0 Å². The highest BCUT2D eigenvalue weighted by atomic mass is 19.4. The van der Waals surface area contributed by atoms with Crippen molar-refractivity contribution in [2.24, 2.45) is 7.05 Å². The molecule has 3 aliphatic rings. The molecule has 2 fully saturated rings. The number of carbonyl (C=O) groups excluding carboxylic acids is 1. The highest BCUT2D eigenvalue weighted by molar-refractivity contribution is 6.05. The standard InChI is InChI=1S/C30H34F4N8O/c1-18-7-8-20(13-26(18)42-17-25(37-38-42)23-16-35-39(3)19(23)2)29(43)36-21-14-24(30(32,33)34)28(31)27(15-21)41-11-9-40(10-12-41)22-5-4-6-22/h7-8,13-17,22,37-38H,4-6,9-12H2,1-3H3,(H,36,43). The zero-order valence-electron chi connectivity index (χ0n) is 24.2. The first kappa shape index (κ1) is 29.0. The Balaban J connectivity index is 1.24. The van der Waals surface area contributed by atoms with Crippen molar-refractivity contribution in [1.82, 2.24) is 25.6 Å². The van der Waals surface area contributed by atoms with Gasteiger partial charge in [-0.1, -0.05) is 12.5 Å². The molecule has 2 aromatic carbocycles. The van der Waals surface area contributed by atoms with Gasteiger partial charge in [-0.3, -0.25) is 19.4 Å². The molecule has 228 valence electrons. The largest absolute Gasteiger partial charge is 0.419 e. The molecule has 43 heavy (non-hydrogen) atoms. The Labute approximate surface area is 247 Å². The number of alkyl halides is 3. The van der Waals surface area contributed by atoms with Gasteiger partial charge in [0, 0.05) is 68.0 Å². The number of hydrogen-bond acceptors (Lipinski definition) is 7. The molecule has 0 spiro atoms. The molecule has 0 unspecified atom stereocenters. The maximum Gasteiger partial charge on any atom is 0.419 e. The van der Waals surface area contributed by atoms with E-state index in [9.17, 15) is 18.0 Å². The van der Waals surface area contributed by atoms with Gasteiger partial charge in [0.1, 0.15) is 0 Å². The minimum Gasteiger partial charge on any atom is -0.367 e. The highest BCUT2D eigenvalue weighted by Gasteiger charge is 2.37. The molecule has 3 aromatic rings. The van der Waals surface area contributed by atoms with Crippen molar-refractivity contribution in [1.29, 1.82) is 0 Å². The summed E-state index contributed by atoms with van der Waals surface area (Å²) in [6.07, 6.45) is 2.10. The monoisotopic (exact) mass is 598 g/mol. The number of nitrogens with zero attached hydrogens (tertiary/aromatic N) is 5. The summed E-state index contributed by atoms with van der Waals surface area (Å²) in [6, 6.07) is 7.47.